The maximum atomic E-state index is 11.9. The number of esters is 1. The molecular formula is C15H21NO3. The van der Waals surface area contributed by atoms with E-state index < -0.39 is 0 Å². The van der Waals surface area contributed by atoms with Crippen LogP contribution in [0.1, 0.15) is 31.0 Å². The van der Waals surface area contributed by atoms with Gasteiger partial charge < -0.3 is 15.2 Å². The van der Waals surface area contributed by atoms with Crippen LogP contribution in [0.5, 0.6) is 5.75 Å². The van der Waals surface area contributed by atoms with Gasteiger partial charge in [-0.2, -0.15) is 0 Å². The normalized spacial score (nSPS) is 16.7. The number of carbonyl (C=O) groups is 1. The molecule has 0 fully saturated rings. The van der Waals surface area contributed by atoms with E-state index in [4.69, 9.17) is 15.2 Å². The van der Waals surface area contributed by atoms with E-state index in [1.165, 1.54) is 12.7 Å². The van der Waals surface area contributed by atoms with Crippen molar-refractivity contribution in [3.8, 4) is 5.75 Å². The molecule has 0 aromatic heterocycles. The van der Waals surface area contributed by atoms with Gasteiger partial charge in [-0.1, -0.05) is 26.0 Å². The summed E-state index contributed by atoms with van der Waals surface area (Å²) in [5, 5.41) is 0. The Hall–Kier alpha value is -1.55. The van der Waals surface area contributed by atoms with E-state index in [1.54, 1.807) is 0 Å². The summed E-state index contributed by atoms with van der Waals surface area (Å²) in [5.41, 5.74) is 8.40. The third-order valence-corrected chi connectivity index (χ3v) is 3.68. The number of methoxy groups -OCH3 is 1. The van der Waals surface area contributed by atoms with E-state index in [0.717, 1.165) is 24.3 Å². The lowest BCUT2D eigenvalue weighted by atomic mass is 9.84. The molecule has 1 aromatic carbocycles. The lowest BCUT2D eigenvalue weighted by Gasteiger charge is -2.25. The van der Waals surface area contributed by atoms with Gasteiger partial charge in [0.05, 0.1) is 19.6 Å². The van der Waals surface area contributed by atoms with Gasteiger partial charge in [0, 0.05) is 12.5 Å². The molecule has 0 saturated heterocycles. The Balaban J connectivity index is 2.26. The fourth-order valence-corrected chi connectivity index (χ4v) is 2.59. The minimum Gasteiger partial charge on any atom is -0.493 e. The van der Waals surface area contributed by atoms with Gasteiger partial charge in [-0.05, 0) is 23.1 Å². The van der Waals surface area contributed by atoms with Crippen LogP contribution < -0.4 is 10.5 Å². The van der Waals surface area contributed by atoms with Crippen molar-refractivity contribution in [1.82, 2.24) is 0 Å². The summed E-state index contributed by atoms with van der Waals surface area (Å²) in [6.07, 6.45) is 0.903. The number of hydrogen-bond acceptors (Lipinski definition) is 4. The van der Waals surface area contributed by atoms with Gasteiger partial charge in [0.1, 0.15) is 5.75 Å². The van der Waals surface area contributed by atoms with Gasteiger partial charge in [-0.3, -0.25) is 4.79 Å². The second-order valence-corrected chi connectivity index (χ2v) is 5.28. The number of nitrogens with two attached hydrogens (primary N) is 1. The van der Waals surface area contributed by atoms with Crippen molar-refractivity contribution in [2.24, 2.45) is 17.6 Å². The zero-order valence-corrected chi connectivity index (χ0v) is 11.7. The van der Waals surface area contributed by atoms with Crippen LogP contribution in [0.3, 0.4) is 0 Å². The third-order valence-electron chi connectivity index (χ3n) is 3.68. The highest BCUT2D eigenvalue weighted by Gasteiger charge is 2.31. The van der Waals surface area contributed by atoms with Crippen molar-refractivity contribution in [2.45, 2.75) is 26.3 Å². The summed E-state index contributed by atoms with van der Waals surface area (Å²) in [6.45, 7) is 4.69. The van der Waals surface area contributed by atoms with Crippen molar-refractivity contribution in [3.63, 3.8) is 0 Å². The molecule has 19 heavy (non-hydrogen) atoms. The molecule has 1 aliphatic rings. The van der Waals surface area contributed by atoms with E-state index in [2.05, 4.69) is 0 Å². The summed E-state index contributed by atoms with van der Waals surface area (Å²) in [4.78, 5) is 11.9. The number of rotatable bonds is 4. The van der Waals surface area contributed by atoms with Gasteiger partial charge in [-0.15, -0.1) is 0 Å². The number of benzene rings is 1. The molecule has 0 spiro atoms. The molecule has 1 aliphatic heterocycles. The van der Waals surface area contributed by atoms with Gasteiger partial charge in [0.25, 0.3) is 0 Å². The second-order valence-electron chi connectivity index (χ2n) is 5.28. The Kier molecular flexibility index (Phi) is 4.10. The largest absolute Gasteiger partial charge is 0.493 e. The van der Waals surface area contributed by atoms with E-state index in [-0.39, 0.29) is 23.8 Å². The molecule has 1 aromatic rings. The fraction of sp³-hybridized carbons (Fsp3) is 0.533. The van der Waals surface area contributed by atoms with Crippen LogP contribution in [0.25, 0.3) is 0 Å². The summed E-state index contributed by atoms with van der Waals surface area (Å²) < 4.78 is 10.3. The topological polar surface area (TPSA) is 61.5 Å². The maximum Gasteiger partial charge on any atom is 0.310 e. The molecule has 0 aliphatic carbocycles. The second kappa shape index (κ2) is 5.61. The molecule has 0 bridgehead atoms. The number of ether oxygens (including phenoxy) is 2. The first kappa shape index (κ1) is 13.9. The molecule has 0 radical (unpaired) electrons. The van der Waals surface area contributed by atoms with Gasteiger partial charge in [-0.25, -0.2) is 0 Å². The first-order chi connectivity index (χ1) is 9.04. The molecule has 104 valence electrons. The molecule has 0 amide bonds. The van der Waals surface area contributed by atoms with Gasteiger partial charge in [0.15, 0.2) is 0 Å². The Bertz CT molecular complexity index is 470. The average Bonchev–Trinajstić information content (AvgIpc) is 2.85. The molecular weight excluding hydrogens is 242 g/mol. The molecule has 2 rings (SSSR count). The first-order valence-electron chi connectivity index (χ1n) is 6.63. The van der Waals surface area contributed by atoms with Crippen molar-refractivity contribution < 1.29 is 14.3 Å². The van der Waals surface area contributed by atoms with Gasteiger partial charge in [0.2, 0.25) is 0 Å². The Labute approximate surface area is 113 Å². The predicted octanol–water partition coefficient (Wildman–Crippen LogP) is 2.07. The molecule has 0 saturated carbocycles. The van der Waals surface area contributed by atoms with Crippen LogP contribution in [0.4, 0.5) is 0 Å². The summed E-state index contributed by atoms with van der Waals surface area (Å²) in [7, 11) is 1.40. The predicted molar refractivity (Wildman–Crippen MR) is 72.9 cm³/mol. The smallest absolute Gasteiger partial charge is 0.310 e. The lowest BCUT2D eigenvalue weighted by molar-refractivity contribution is -0.147. The average molecular weight is 263 g/mol. The van der Waals surface area contributed by atoms with Crippen LogP contribution >= 0.6 is 0 Å². The number of hydrogen-bond donors (Lipinski definition) is 1. The SMILES string of the molecule is COC(=O)C(C(C)C)C(N)c1ccc2c(c1)CCO2. The zero-order valence-electron chi connectivity index (χ0n) is 11.7. The zero-order chi connectivity index (χ0) is 14.0. The molecule has 2 unspecified atom stereocenters. The van der Waals surface area contributed by atoms with Crippen LogP contribution in [-0.2, 0) is 16.0 Å². The Morgan fingerprint density at radius 2 is 2.16 bits per heavy atom. The van der Waals surface area contributed by atoms with Crippen molar-refractivity contribution in [3.05, 3.63) is 29.3 Å². The van der Waals surface area contributed by atoms with Crippen molar-refractivity contribution >= 4 is 5.97 Å². The van der Waals surface area contributed by atoms with Crippen LogP contribution in [0.2, 0.25) is 0 Å². The van der Waals surface area contributed by atoms with Crippen molar-refractivity contribution in [2.75, 3.05) is 13.7 Å². The number of carbonyl (C=O) groups excluding carboxylic acids is 1. The lowest BCUT2D eigenvalue weighted by Crippen LogP contribution is -2.33. The minimum absolute atomic E-state index is 0.131. The molecule has 2 atom stereocenters. The van der Waals surface area contributed by atoms with Crippen LogP contribution in [-0.4, -0.2) is 19.7 Å². The number of fused-ring (bicyclic) bond motifs is 1. The minimum atomic E-state index is -0.349. The highest BCUT2D eigenvalue weighted by molar-refractivity contribution is 5.73. The highest BCUT2D eigenvalue weighted by Crippen LogP contribution is 2.32. The van der Waals surface area contributed by atoms with E-state index in [0.29, 0.717) is 0 Å². The summed E-state index contributed by atoms with van der Waals surface area (Å²) >= 11 is 0. The molecule has 1 heterocycles. The van der Waals surface area contributed by atoms with E-state index in [1.807, 2.05) is 32.0 Å². The standard InChI is InChI=1S/C15H21NO3/c1-9(2)13(15(17)18-3)14(16)11-4-5-12-10(8-11)6-7-19-12/h4-5,8-9,13-14H,6-7,16H2,1-3H3. The van der Waals surface area contributed by atoms with Crippen molar-refractivity contribution in [1.29, 1.82) is 0 Å². The quantitative estimate of drug-likeness (QED) is 0.845. The molecule has 2 N–H and O–H groups in total. The molecule has 4 nitrogen and oxygen atoms in total. The first-order valence-corrected chi connectivity index (χ1v) is 6.63. The van der Waals surface area contributed by atoms with E-state index in [9.17, 15) is 4.79 Å². The summed E-state index contributed by atoms with van der Waals surface area (Å²) in [5.74, 6) is 0.478. The van der Waals surface area contributed by atoms with Crippen LogP contribution in [0, 0.1) is 11.8 Å². The monoisotopic (exact) mass is 263 g/mol. The van der Waals surface area contributed by atoms with Gasteiger partial charge >= 0.3 is 5.97 Å². The Morgan fingerprint density at radius 1 is 1.42 bits per heavy atom. The van der Waals surface area contributed by atoms with Crippen LogP contribution in [0.15, 0.2) is 18.2 Å². The molecule has 4 heteroatoms. The van der Waals surface area contributed by atoms with E-state index >= 15 is 0 Å². The Morgan fingerprint density at radius 3 is 2.79 bits per heavy atom. The highest BCUT2D eigenvalue weighted by atomic mass is 16.5. The third kappa shape index (κ3) is 2.73. The maximum absolute atomic E-state index is 11.9. The summed E-state index contributed by atoms with van der Waals surface area (Å²) in [6, 6.07) is 5.57. The fourth-order valence-electron chi connectivity index (χ4n) is 2.59.